The molecule has 2 aliphatic rings. The molecule has 0 heterocycles. The number of hydrogen-bond donors (Lipinski definition) is 0. The minimum absolute atomic E-state index is 0.574. The molecule has 2 atom stereocenters. The first-order valence-corrected chi connectivity index (χ1v) is 5.51. The van der Waals surface area contributed by atoms with Gasteiger partial charge in [-0.3, -0.25) is 0 Å². The Bertz CT molecular complexity index is 480. The second kappa shape index (κ2) is 3.27. The second-order valence-electron chi connectivity index (χ2n) is 4.33. The average Bonchev–Trinajstić information content (AvgIpc) is 2.30. The summed E-state index contributed by atoms with van der Waals surface area (Å²) < 4.78 is 0. The first-order chi connectivity index (χ1) is 7.36. The lowest BCUT2D eigenvalue weighted by atomic mass is 9.64. The van der Waals surface area contributed by atoms with Crippen LogP contribution < -0.4 is 0 Å². The number of fused-ring (bicyclic) bond motifs is 2. The molecule has 0 aromatic heterocycles. The largest absolute Gasteiger partial charge is 0.112 e. The molecular weight excluding hydrogens is 179 g/mol. The van der Waals surface area contributed by atoms with Gasteiger partial charge in [-0.25, -0.2) is 0 Å². The summed E-state index contributed by atoms with van der Waals surface area (Å²) >= 11 is 0. The molecule has 0 fully saturated rings. The van der Waals surface area contributed by atoms with Crippen LogP contribution in [0.25, 0.3) is 6.08 Å². The first-order valence-electron chi connectivity index (χ1n) is 5.51. The van der Waals surface area contributed by atoms with E-state index in [9.17, 15) is 0 Å². The zero-order chi connectivity index (χ0) is 10.3. The fourth-order valence-electron chi connectivity index (χ4n) is 2.60. The third kappa shape index (κ3) is 1.31. The van der Waals surface area contributed by atoms with Crippen LogP contribution in [0.5, 0.6) is 0 Å². The van der Waals surface area contributed by atoms with E-state index in [0.717, 1.165) is 0 Å². The highest BCUT2D eigenvalue weighted by Crippen LogP contribution is 2.38. The van der Waals surface area contributed by atoms with Crippen LogP contribution in [0.15, 0.2) is 54.1 Å². The van der Waals surface area contributed by atoms with Crippen molar-refractivity contribution in [3.8, 4) is 0 Å². The summed E-state index contributed by atoms with van der Waals surface area (Å²) in [4.78, 5) is 0. The van der Waals surface area contributed by atoms with Crippen molar-refractivity contribution in [3.63, 3.8) is 0 Å². The fourth-order valence-corrected chi connectivity index (χ4v) is 2.60. The SMILES string of the molecule is BC1c2ccccc2C=C2C=CC=CC21. The van der Waals surface area contributed by atoms with Gasteiger partial charge < -0.3 is 0 Å². The Labute approximate surface area is 91.4 Å². The lowest BCUT2D eigenvalue weighted by Crippen LogP contribution is -2.18. The van der Waals surface area contributed by atoms with Gasteiger partial charge in [0.05, 0.1) is 0 Å². The molecule has 0 aliphatic heterocycles. The topological polar surface area (TPSA) is 0 Å². The van der Waals surface area contributed by atoms with Gasteiger partial charge in [-0.05, 0) is 22.5 Å². The first kappa shape index (κ1) is 8.78. The van der Waals surface area contributed by atoms with E-state index in [-0.39, 0.29) is 0 Å². The smallest absolute Gasteiger partial charge is 0.0771 e. The Balaban J connectivity index is 2.19. The summed E-state index contributed by atoms with van der Waals surface area (Å²) in [5, 5.41) is 0. The van der Waals surface area contributed by atoms with Crippen molar-refractivity contribution in [2.75, 3.05) is 0 Å². The second-order valence-corrected chi connectivity index (χ2v) is 4.33. The van der Waals surface area contributed by atoms with Gasteiger partial charge in [0.2, 0.25) is 0 Å². The molecule has 0 amide bonds. The predicted molar refractivity (Wildman–Crippen MR) is 67.5 cm³/mol. The minimum atomic E-state index is 0.574. The fraction of sp³-hybridized carbons (Fsp3) is 0.143. The third-order valence-electron chi connectivity index (χ3n) is 3.45. The zero-order valence-corrected chi connectivity index (χ0v) is 8.85. The Hall–Kier alpha value is -1.50. The molecule has 2 aliphatic carbocycles. The molecule has 72 valence electrons. The van der Waals surface area contributed by atoms with E-state index < -0.39 is 0 Å². The summed E-state index contributed by atoms with van der Waals surface area (Å²) in [5.41, 5.74) is 4.31. The van der Waals surface area contributed by atoms with E-state index in [0.29, 0.717) is 11.7 Å². The van der Waals surface area contributed by atoms with E-state index in [2.05, 4.69) is 62.5 Å². The molecule has 1 aromatic rings. The third-order valence-corrected chi connectivity index (χ3v) is 3.45. The standard InChI is InChI=1S/C14H13B/c15-14-12-7-3-1-5-10(12)9-11-6-2-4-8-13(11)14/h1-9,12,14H,15H2. The van der Waals surface area contributed by atoms with Crippen LogP contribution in [0.2, 0.25) is 0 Å². The number of benzene rings is 1. The van der Waals surface area contributed by atoms with E-state index in [1.807, 2.05) is 0 Å². The normalized spacial score (nSPS) is 26.8. The van der Waals surface area contributed by atoms with Crippen LogP contribution in [0.3, 0.4) is 0 Å². The summed E-state index contributed by atoms with van der Waals surface area (Å²) in [6.45, 7) is 0. The van der Waals surface area contributed by atoms with Crippen LogP contribution in [0, 0.1) is 5.92 Å². The molecule has 0 radical (unpaired) electrons. The minimum Gasteiger partial charge on any atom is -0.0771 e. The molecule has 0 saturated carbocycles. The van der Waals surface area contributed by atoms with Crippen molar-refractivity contribution < 1.29 is 0 Å². The van der Waals surface area contributed by atoms with Crippen molar-refractivity contribution in [1.29, 1.82) is 0 Å². The molecule has 2 unspecified atom stereocenters. The Kier molecular flexibility index (Phi) is 1.91. The molecule has 0 nitrogen and oxygen atoms in total. The lowest BCUT2D eigenvalue weighted by molar-refractivity contribution is 0.729. The molecule has 15 heavy (non-hydrogen) atoms. The Morgan fingerprint density at radius 1 is 1.07 bits per heavy atom. The zero-order valence-electron chi connectivity index (χ0n) is 8.85. The van der Waals surface area contributed by atoms with Crippen LogP contribution >= 0.6 is 0 Å². The van der Waals surface area contributed by atoms with Gasteiger partial charge in [0.1, 0.15) is 7.85 Å². The van der Waals surface area contributed by atoms with Gasteiger partial charge in [0.25, 0.3) is 0 Å². The van der Waals surface area contributed by atoms with E-state index >= 15 is 0 Å². The number of rotatable bonds is 0. The monoisotopic (exact) mass is 192 g/mol. The maximum absolute atomic E-state index is 2.32. The number of allylic oxidation sites excluding steroid dienone is 5. The van der Waals surface area contributed by atoms with Crippen molar-refractivity contribution in [2.45, 2.75) is 5.82 Å². The van der Waals surface area contributed by atoms with Crippen LogP contribution in [-0.4, -0.2) is 7.85 Å². The summed E-state index contributed by atoms with van der Waals surface area (Å²) in [6.07, 6.45) is 11.2. The summed E-state index contributed by atoms with van der Waals surface area (Å²) in [7, 11) is 2.32. The molecule has 1 aromatic carbocycles. The quantitative estimate of drug-likeness (QED) is 0.554. The van der Waals surface area contributed by atoms with Crippen molar-refractivity contribution in [1.82, 2.24) is 0 Å². The molecule has 0 spiro atoms. The van der Waals surface area contributed by atoms with Crippen LogP contribution in [0.4, 0.5) is 0 Å². The molecule has 0 N–H and O–H groups in total. The molecule has 0 bridgehead atoms. The van der Waals surface area contributed by atoms with Crippen molar-refractivity contribution in [2.24, 2.45) is 5.92 Å². The molecule has 1 heteroatoms. The number of hydrogen-bond acceptors (Lipinski definition) is 0. The Morgan fingerprint density at radius 3 is 2.87 bits per heavy atom. The highest BCUT2D eigenvalue weighted by molar-refractivity contribution is 6.14. The van der Waals surface area contributed by atoms with Crippen molar-refractivity contribution in [3.05, 3.63) is 65.3 Å². The highest BCUT2D eigenvalue weighted by Gasteiger charge is 2.25. The van der Waals surface area contributed by atoms with Crippen LogP contribution in [-0.2, 0) is 0 Å². The molecular formula is C14H13B. The van der Waals surface area contributed by atoms with Crippen molar-refractivity contribution >= 4 is 13.9 Å². The van der Waals surface area contributed by atoms with Gasteiger partial charge in [0, 0.05) is 5.92 Å². The lowest BCUT2D eigenvalue weighted by Gasteiger charge is -2.30. The molecule has 3 rings (SSSR count). The predicted octanol–water partition coefficient (Wildman–Crippen LogP) is 2.50. The summed E-state index contributed by atoms with van der Waals surface area (Å²) in [6, 6.07) is 8.71. The molecule has 0 saturated heterocycles. The van der Waals surface area contributed by atoms with E-state index in [1.54, 1.807) is 0 Å². The van der Waals surface area contributed by atoms with Crippen LogP contribution in [0.1, 0.15) is 16.9 Å². The van der Waals surface area contributed by atoms with Gasteiger partial charge in [-0.15, -0.1) is 0 Å². The van der Waals surface area contributed by atoms with Gasteiger partial charge >= 0.3 is 0 Å². The van der Waals surface area contributed by atoms with E-state index in [4.69, 9.17) is 0 Å². The average molecular weight is 192 g/mol. The van der Waals surface area contributed by atoms with Gasteiger partial charge in [0.15, 0.2) is 0 Å². The maximum atomic E-state index is 2.32. The van der Waals surface area contributed by atoms with E-state index in [1.165, 1.54) is 16.7 Å². The summed E-state index contributed by atoms with van der Waals surface area (Å²) in [5.74, 6) is 1.17. The van der Waals surface area contributed by atoms with Gasteiger partial charge in [-0.2, -0.15) is 0 Å². The maximum Gasteiger partial charge on any atom is 0.112 e. The van der Waals surface area contributed by atoms with Gasteiger partial charge in [-0.1, -0.05) is 54.6 Å². The Morgan fingerprint density at radius 2 is 1.93 bits per heavy atom. The highest BCUT2D eigenvalue weighted by atomic mass is 14.3.